The number of halogens is 3. The van der Waals surface area contributed by atoms with Crippen LogP contribution in [0, 0.1) is 0 Å². The summed E-state index contributed by atoms with van der Waals surface area (Å²) in [5.41, 5.74) is 7.02. The van der Waals surface area contributed by atoms with Crippen LogP contribution in [-0.2, 0) is 26.9 Å². The number of sulfonamides is 1. The summed E-state index contributed by atoms with van der Waals surface area (Å²) in [5, 5.41) is 0. The summed E-state index contributed by atoms with van der Waals surface area (Å²) < 4.78 is 64.6. The fraction of sp³-hybridized carbons (Fsp3) is 0.429. The van der Waals surface area contributed by atoms with Crippen LogP contribution in [0.5, 0.6) is 0 Å². The standard InChI is InChI=1S/C21H25F3N2O3S/c22-21(23,24)12-6-16-30(27,28)26(18-8-2-1-3-9-18)29-20(14-15-25)13-11-17-7-4-5-10-19(17)20/h1-5,7-10H,6,11-16,25H2. The number of alkyl halides is 3. The van der Waals surface area contributed by atoms with Gasteiger partial charge in [-0.15, -0.1) is 4.47 Å². The molecule has 164 valence electrons. The van der Waals surface area contributed by atoms with Crippen LogP contribution in [0.15, 0.2) is 54.6 Å². The first-order valence-electron chi connectivity index (χ1n) is 9.79. The van der Waals surface area contributed by atoms with E-state index in [4.69, 9.17) is 10.6 Å². The van der Waals surface area contributed by atoms with Crippen LogP contribution in [0.3, 0.4) is 0 Å². The average Bonchev–Trinajstić information content (AvgIpc) is 3.05. The van der Waals surface area contributed by atoms with E-state index in [1.165, 1.54) is 0 Å². The maximum Gasteiger partial charge on any atom is 0.389 e. The summed E-state index contributed by atoms with van der Waals surface area (Å²) in [4.78, 5) is 6.18. The van der Waals surface area contributed by atoms with Crippen molar-refractivity contribution in [3.05, 3.63) is 65.7 Å². The van der Waals surface area contributed by atoms with Crippen molar-refractivity contribution in [2.24, 2.45) is 5.73 Å². The maximum absolute atomic E-state index is 13.1. The van der Waals surface area contributed by atoms with E-state index in [-0.39, 0.29) is 12.2 Å². The minimum absolute atomic E-state index is 0.241. The molecule has 0 heterocycles. The maximum atomic E-state index is 13.1. The van der Waals surface area contributed by atoms with Crippen LogP contribution in [0.2, 0.25) is 0 Å². The average molecular weight is 443 g/mol. The second kappa shape index (κ2) is 8.95. The Hall–Kier alpha value is -2.10. The molecule has 2 N–H and O–H groups in total. The highest BCUT2D eigenvalue weighted by atomic mass is 32.2. The molecule has 2 aromatic carbocycles. The highest BCUT2D eigenvalue weighted by Crippen LogP contribution is 2.44. The number of nitrogens with two attached hydrogens (primary N) is 1. The number of para-hydroxylation sites is 1. The molecule has 0 bridgehead atoms. The Morgan fingerprint density at radius 2 is 1.73 bits per heavy atom. The second-order valence-electron chi connectivity index (χ2n) is 7.38. The van der Waals surface area contributed by atoms with Crippen LogP contribution in [0.1, 0.15) is 36.8 Å². The highest BCUT2D eigenvalue weighted by molar-refractivity contribution is 7.92. The van der Waals surface area contributed by atoms with Gasteiger partial charge in [-0.3, -0.25) is 0 Å². The van der Waals surface area contributed by atoms with Gasteiger partial charge in [0, 0.05) is 6.42 Å². The van der Waals surface area contributed by atoms with Crippen molar-refractivity contribution in [2.45, 2.75) is 43.9 Å². The van der Waals surface area contributed by atoms with Crippen LogP contribution in [0.25, 0.3) is 0 Å². The van der Waals surface area contributed by atoms with E-state index in [0.717, 1.165) is 15.6 Å². The lowest BCUT2D eigenvalue weighted by atomic mass is 9.92. The van der Waals surface area contributed by atoms with Crippen LogP contribution in [0.4, 0.5) is 18.9 Å². The van der Waals surface area contributed by atoms with Gasteiger partial charge in [0.05, 0.1) is 11.4 Å². The summed E-state index contributed by atoms with van der Waals surface area (Å²) in [6.45, 7) is 0.269. The minimum Gasteiger partial charge on any atom is -0.330 e. The summed E-state index contributed by atoms with van der Waals surface area (Å²) >= 11 is 0. The molecule has 0 saturated carbocycles. The lowest BCUT2D eigenvalue weighted by Gasteiger charge is -2.36. The molecule has 30 heavy (non-hydrogen) atoms. The predicted molar refractivity (Wildman–Crippen MR) is 109 cm³/mol. The zero-order valence-corrected chi connectivity index (χ0v) is 17.3. The quantitative estimate of drug-likeness (QED) is 0.588. The SMILES string of the molecule is NCCC1(ON(c2ccccc2)S(=O)(=O)CCCC(F)(F)F)CCc2ccccc21. The zero-order valence-electron chi connectivity index (χ0n) is 16.4. The summed E-state index contributed by atoms with van der Waals surface area (Å²) in [5.74, 6) is -0.679. The number of anilines is 1. The summed E-state index contributed by atoms with van der Waals surface area (Å²) in [6.07, 6.45) is -4.52. The topological polar surface area (TPSA) is 72.6 Å². The molecule has 2 aromatic rings. The van der Waals surface area contributed by atoms with E-state index in [0.29, 0.717) is 19.3 Å². The molecule has 1 atom stereocenters. The molecule has 0 amide bonds. The Balaban J connectivity index is 1.95. The van der Waals surface area contributed by atoms with Crippen molar-refractivity contribution in [3.63, 3.8) is 0 Å². The van der Waals surface area contributed by atoms with Crippen molar-refractivity contribution < 1.29 is 26.4 Å². The summed E-state index contributed by atoms with van der Waals surface area (Å²) in [7, 11) is -4.17. The van der Waals surface area contributed by atoms with Crippen molar-refractivity contribution in [1.82, 2.24) is 0 Å². The number of rotatable bonds is 9. The molecule has 1 unspecified atom stereocenters. The fourth-order valence-corrected chi connectivity index (χ4v) is 5.18. The largest absolute Gasteiger partial charge is 0.389 e. The van der Waals surface area contributed by atoms with E-state index in [1.807, 2.05) is 24.3 Å². The Labute approximate surface area is 174 Å². The molecular formula is C21H25F3N2O3S. The van der Waals surface area contributed by atoms with E-state index in [1.54, 1.807) is 30.3 Å². The Bertz CT molecular complexity index is 947. The molecule has 5 nitrogen and oxygen atoms in total. The first-order valence-corrected chi connectivity index (χ1v) is 11.4. The predicted octanol–water partition coefficient (Wildman–Crippen LogP) is 4.29. The minimum atomic E-state index is -4.42. The van der Waals surface area contributed by atoms with E-state index in [2.05, 4.69) is 0 Å². The van der Waals surface area contributed by atoms with Crippen molar-refractivity contribution >= 4 is 15.7 Å². The Morgan fingerprint density at radius 3 is 2.40 bits per heavy atom. The molecule has 9 heteroatoms. The summed E-state index contributed by atoms with van der Waals surface area (Å²) in [6, 6.07) is 15.7. The van der Waals surface area contributed by atoms with Crippen LogP contribution in [-0.4, -0.2) is 26.9 Å². The molecule has 0 saturated heterocycles. The molecule has 3 rings (SSSR count). The molecule has 0 radical (unpaired) electrons. The normalized spacial score (nSPS) is 18.9. The van der Waals surface area contributed by atoms with Gasteiger partial charge in [0.15, 0.2) is 0 Å². The van der Waals surface area contributed by atoms with Gasteiger partial charge in [0.2, 0.25) is 0 Å². The number of hydrogen-bond donors (Lipinski definition) is 1. The number of benzene rings is 2. The lowest BCUT2D eigenvalue weighted by Crippen LogP contribution is -2.43. The molecule has 1 aliphatic rings. The van der Waals surface area contributed by atoms with Crippen molar-refractivity contribution in [3.8, 4) is 0 Å². The van der Waals surface area contributed by atoms with E-state index >= 15 is 0 Å². The van der Waals surface area contributed by atoms with Gasteiger partial charge < -0.3 is 5.73 Å². The lowest BCUT2D eigenvalue weighted by molar-refractivity contribution is -0.134. The second-order valence-corrected chi connectivity index (χ2v) is 9.28. The van der Waals surface area contributed by atoms with Gasteiger partial charge >= 0.3 is 6.18 Å². The highest BCUT2D eigenvalue weighted by Gasteiger charge is 2.43. The van der Waals surface area contributed by atoms with Gasteiger partial charge in [-0.05, 0) is 55.5 Å². The van der Waals surface area contributed by atoms with Gasteiger partial charge in [-0.25, -0.2) is 13.3 Å². The molecule has 1 aliphatic carbocycles. The van der Waals surface area contributed by atoms with Crippen LogP contribution >= 0.6 is 0 Å². The third-order valence-electron chi connectivity index (χ3n) is 5.19. The molecule has 0 fully saturated rings. The van der Waals surface area contributed by atoms with Gasteiger partial charge in [-0.2, -0.15) is 13.2 Å². The first kappa shape index (κ1) is 22.6. The zero-order chi connectivity index (χ0) is 21.8. The molecule has 0 spiro atoms. The molecule has 0 aromatic heterocycles. The Kier molecular flexibility index (Phi) is 6.74. The van der Waals surface area contributed by atoms with Gasteiger partial charge in [-0.1, -0.05) is 42.5 Å². The molecular weight excluding hydrogens is 417 g/mol. The van der Waals surface area contributed by atoms with Gasteiger partial charge in [0.1, 0.15) is 5.60 Å². The number of hydrogen-bond acceptors (Lipinski definition) is 4. The number of aryl methyl sites for hydroxylation is 1. The third-order valence-corrected chi connectivity index (χ3v) is 6.79. The van der Waals surface area contributed by atoms with E-state index < -0.39 is 40.4 Å². The van der Waals surface area contributed by atoms with Gasteiger partial charge in [0.25, 0.3) is 10.0 Å². The fourth-order valence-electron chi connectivity index (χ4n) is 3.80. The molecule has 0 aliphatic heterocycles. The van der Waals surface area contributed by atoms with Crippen molar-refractivity contribution in [2.75, 3.05) is 16.8 Å². The monoisotopic (exact) mass is 442 g/mol. The van der Waals surface area contributed by atoms with E-state index in [9.17, 15) is 21.6 Å². The number of nitrogens with zero attached hydrogens (tertiary/aromatic N) is 1. The first-order chi connectivity index (χ1) is 14.2. The number of fused-ring (bicyclic) bond motifs is 1. The third kappa shape index (κ3) is 5.14. The van der Waals surface area contributed by atoms with Crippen molar-refractivity contribution in [1.29, 1.82) is 0 Å². The smallest absolute Gasteiger partial charge is 0.330 e. The van der Waals surface area contributed by atoms with Crippen LogP contribution < -0.4 is 10.2 Å². The Morgan fingerprint density at radius 1 is 1.07 bits per heavy atom.